The maximum Gasteiger partial charge on any atom is 0.343 e. The second kappa shape index (κ2) is 6.63. The Morgan fingerprint density at radius 1 is 1.32 bits per heavy atom. The van der Waals surface area contributed by atoms with Crippen LogP contribution >= 0.6 is 11.6 Å². The van der Waals surface area contributed by atoms with Crippen LogP contribution in [-0.4, -0.2) is 20.6 Å². The molecule has 31 heavy (non-hydrogen) atoms. The third kappa shape index (κ3) is 2.63. The van der Waals surface area contributed by atoms with Gasteiger partial charge in [0.2, 0.25) is 0 Å². The SMILES string of the molecule is CC[C@@]1(O)C(=O)OCc2c1cc1n(c2=O)Cc2c-1nc1cc(Cl)c(C)cc1c2[C@H](C)N. The molecular formula is C23H22ClN3O4. The number of pyridine rings is 2. The lowest BCUT2D eigenvalue weighted by atomic mass is 9.86. The van der Waals surface area contributed by atoms with Crippen LogP contribution in [0.3, 0.4) is 0 Å². The number of esters is 1. The summed E-state index contributed by atoms with van der Waals surface area (Å²) in [6, 6.07) is 5.18. The van der Waals surface area contributed by atoms with Crippen molar-refractivity contribution in [1.29, 1.82) is 0 Å². The number of fused-ring (bicyclic) bond motifs is 5. The van der Waals surface area contributed by atoms with E-state index in [4.69, 9.17) is 27.1 Å². The summed E-state index contributed by atoms with van der Waals surface area (Å²) in [4.78, 5) is 30.5. The van der Waals surface area contributed by atoms with E-state index < -0.39 is 11.6 Å². The largest absolute Gasteiger partial charge is 0.458 e. The third-order valence-corrected chi connectivity index (χ3v) is 6.87. The van der Waals surface area contributed by atoms with Crippen molar-refractivity contribution >= 4 is 28.5 Å². The van der Waals surface area contributed by atoms with E-state index in [0.29, 0.717) is 39.6 Å². The molecule has 2 aromatic heterocycles. The van der Waals surface area contributed by atoms with Crippen LogP contribution in [0.2, 0.25) is 5.02 Å². The van der Waals surface area contributed by atoms with E-state index in [1.165, 1.54) is 0 Å². The molecule has 0 amide bonds. The molecular weight excluding hydrogens is 418 g/mol. The van der Waals surface area contributed by atoms with E-state index in [1.54, 1.807) is 23.6 Å². The Morgan fingerprint density at radius 3 is 2.74 bits per heavy atom. The molecule has 8 heteroatoms. The fraction of sp³-hybridized carbons (Fsp3) is 0.348. The van der Waals surface area contributed by atoms with Gasteiger partial charge in [0.1, 0.15) is 6.61 Å². The minimum Gasteiger partial charge on any atom is -0.458 e. The summed E-state index contributed by atoms with van der Waals surface area (Å²) in [5, 5.41) is 12.5. The van der Waals surface area contributed by atoms with Crippen molar-refractivity contribution in [3.8, 4) is 11.4 Å². The van der Waals surface area contributed by atoms with Crippen molar-refractivity contribution < 1.29 is 14.6 Å². The smallest absolute Gasteiger partial charge is 0.343 e. The van der Waals surface area contributed by atoms with Gasteiger partial charge in [-0.15, -0.1) is 0 Å². The summed E-state index contributed by atoms with van der Waals surface area (Å²) in [6.45, 7) is 5.67. The second-order valence-corrected chi connectivity index (χ2v) is 8.77. The fourth-order valence-electron chi connectivity index (χ4n) is 4.76. The van der Waals surface area contributed by atoms with E-state index in [0.717, 1.165) is 22.1 Å². The minimum atomic E-state index is -1.85. The van der Waals surface area contributed by atoms with Gasteiger partial charge in [0.25, 0.3) is 5.56 Å². The Hall–Kier alpha value is -2.74. The Balaban J connectivity index is 1.86. The van der Waals surface area contributed by atoms with E-state index >= 15 is 0 Å². The number of cyclic esters (lactones) is 1. The molecule has 160 valence electrons. The van der Waals surface area contributed by atoms with Crippen LogP contribution in [-0.2, 0) is 28.3 Å². The average Bonchev–Trinajstić information content (AvgIpc) is 3.08. The summed E-state index contributed by atoms with van der Waals surface area (Å²) in [6.07, 6.45) is 0.0969. The number of rotatable bonds is 2. The number of aliphatic hydroxyl groups is 1. The number of carbonyl (C=O) groups excluding carboxylic acids is 1. The average molecular weight is 440 g/mol. The summed E-state index contributed by atoms with van der Waals surface area (Å²) in [5.74, 6) is -0.741. The molecule has 7 nitrogen and oxygen atoms in total. The van der Waals surface area contributed by atoms with Crippen molar-refractivity contribution in [3.05, 3.63) is 61.4 Å². The van der Waals surface area contributed by atoms with Gasteiger partial charge in [-0.05, 0) is 49.6 Å². The van der Waals surface area contributed by atoms with Crippen molar-refractivity contribution in [1.82, 2.24) is 9.55 Å². The monoisotopic (exact) mass is 439 g/mol. The maximum atomic E-state index is 13.3. The van der Waals surface area contributed by atoms with Gasteiger partial charge in [0.15, 0.2) is 5.60 Å². The van der Waals surface area contributed by atoms with Crippen LogP contribution < -0.4 is 11.3 Å². The molecule has 0 radical (unpaired) electrons. The first-order chi connectivity index (χ1) is 14.7. The number of halogens is 1. The lowest BCUT2D eigenvalue weighted by Crippen LogP contribution is -2.44. The van der Waals surface area contributed by atoms with E-state index in [-0.39, 0.29) is 24.6 Å². The number of nitrogens with zero attached hydrogens (tertiary/aromatic N) is 2. The molecule has 3 aromatic rings. The third-order valence-electron chi connectivity index (χ3n) is 6.47. The molecule has 3 N–H and O–H groups in total. The van der Waals surface area contributed by atoms with Gasteiger partial charge in [0, 0.05) is 27.6 Å². The van der Waals surface area contributed by atoms with Crippen molar-refractivity contribution in [3.63, 3.8) is 0 Å². The molecule has 0 bridgehead atoms. The normalized spacial score (nSPS) is 20.3. The Labute approximate surface area is 183 Å². The standard InChI is InChI=1S/C23H22ClN3O4/c1-4-23(30)15-6-18-20-13(8-27(18)21(28)14(15)9-31-22(23)29)19(11(3)25)12-5-10(2)16(24)7-17(12)26-20/h5-7,11,30H,4,8-9,25H2,1-3H3/t11-,23-/m0/s1. The Kier molecular flexibility index (Phi) is 4.31. The fourth-order valence-corrected chi connectivity index (χ4v) is 4.92. The van der Waals surface area contributed by atoms with Crippen molar-refractivity contribution in [2.75, 3.05) is 0 Å². The van der Waals surface area contributed by atoms with Gasteiger partial charge in [-0.2, -0.15) is 0 Å². The topological polar surface area (TPSA) is 107 Å². The predicted molar refractivity (Wildman–Crippen MR) is 117 cm³/mol. The van der Waals surface area contributed by atoms with Crippen molar-refractivity contribution in [2.45, 2.75) is 52.0 Å². The molecule has 5 rings (SSSR count). The van der Waals surface area contributed by atoms with Gasteiger partial charge < -0.3 is 20.1 Å². The van der Waals surface area contributed by atoms with Crippen molar-refractivity contribution in [2.24, 2.45) is 5.73 Å². The first-order valence-electron chi connectivity index (χ1n) is 10.2. The number of nitrogens with two attached hydrogens (primary N) is 1. The van der Waals surface area contributed by atoms with Gasteiger partial charge >= 0.3 is 5.97 Å². The summed E-state index contributed by atoms with van der Waals surface area (Å²) < 4.78 is 6.74. The molecule has 0 aliphatic carbocycles. The number of hydrogen-bond donors (Lipinski definition) is 2. The first kappa shape index (κ1) is 20.2. The highest BCUT2D eigenvalue weighted by atomic mass is 35.5. The van der Waals surface area contributed by atoms with Gasteiger partial charge in [0.05, 0.1) is 29.0 Å². The number of carbonyl (C=O) groups is 1. The molecule has 0 saturated heterocycles. The van der Waals surface area contributed by atoms with Crippen LogP contribution in [0.5, 0.6) is 0 Å². The van der Waals surface area contributed by atoms with Gasteiger partial charge in [-0.25, -0.2) is 9.78 Å². The quantitative estimate of drug-likeness (QED) is 0.465. The molecule has 2 aliphatic heterocycles. The van der Waals surface area contributed by atoms with Crippen LogP contribution in [0.25, 0.3) is 22.3 Å². The highest BCUT2D eigenvalue weighted by molar-refractivity contribution is 6.32. The zero-order valence-corrected chi connectivity index (χ0v) is 18.2. The highest BCUT2D eigenvalue weighted by Crippen LogP contribution is 2.41. The molecule has 2 aliphatic rings. The zero-order valence-electron chi connectivity index (χ0n) is 17.5. The second-order valence-electron chi connectivity index (χ2n) is 8.36. The number of benzene rings is 1. The summed E-state index contributed by atoms with van der Waals surface area (Å²) >= 11 is 6.35. The zero-order chi connectivity index (χ0) is 22.2. The molecule has 0 saturated carbocycles. The summed E-state index contributed by atoms with van der Waals surface area (Å²) in [5.41, 5.74) is 9.38. The Bertz CT molecular complexity index is 1360. The molecule has 4 heterocycles. The molecule has 1 aromatic carbocycles. The van der Waals surface area contributed by atoms with E-state index in [9.17, 15) is 14.7 Å². The van der Waals surface area contributed by atoms with E-state index in [2.05, 4.69) is 0 Å². The lowest BCUT2D eigenvalue weighted by molar-refractivity contribution is -0.172. The molecule has 2 atom stereocenters. The first-order valence-corrected chi connectivity index (χ1v) is 10.6. The highest BCUT2D eigenvalue weighted by Gasteiger charge is 2.45. The number of aromatic nitrogens is 2. The lowest BCUT2D eigenvalue weighted by Gasteiger charge is -2.31. The van der Waals surface area contributed by atoms with Crippen LogP contribution in [0.1, 0.15) is 54.1 Å². The molecule has 0 spiro atoms. The molecule has 0 unspecified atom stereocenters. The maximum absolute atomic E-state index is 13.3. The number of hydrogen-bond acceptors (Lipinski definition) is 6. The van der Waals surface area contributed by atoms with E-state index in [1.807, 2.05) is 19.9 Å². The minimum absolute atomic E-state index is 0.0969. The predicted octanol–water partition coefficient (Wildman–Crippen LogP) is 3.06. The van der Waals surface area contributed by atoms with Gasteiger partial charge in [-0.3, -0.25) is 4.79 Å². The number of aryl methyl sites for hydroxylation is 1. The Morgan fingerprint density at radius 2 is 2.06 bits per heavy atom. The van der Waals surface area contributed by atoms with Crippen LogP contribution in [0.15, 0.2) is 23.0 Å². The molecule has 0 fully saturated rings. The summed E-state index contributed by atoms with van der Waals surface area (Å²) in [7, 11) is 0. The van der Waals surface area contributed by atoms with Crippen LogP contribution in [0.4, 0.5) is 0 Å². The van der Waals surface area contributed by atoms with Gasteiger partial charge in [-0.1, -0.05) is 18.5 Å². The van der Waals surface area contributed by atoms with Crippen LogP contribution in [0, 0.1) is 6.92 Å². The number of ether oxygens (including phenoxy) is 1.